The molecule has 17 heavy (non-hydrogen) atoms. The molecule has 3 fully saturated rings. The fourth-order valence-electron chi connectivity index (χ4n) is 4.31. The molecule has 0 aromatic heterocycles. The second-order valence-electron chi connectivity index (χ2n) is 6.85. The Kier molecular flexibility index (Phi) is 3.45. The van der Waals surface area contributed by atoms with Crippen LogP contribution in [-0.2, 0) is 0 Å². The minimum atomic E-state index is 0.736. The lowest BCUT2D eigenvalue weighted by Gasteiger charge is -2.55. The Labute approximate surface area is 106 Å². The average molecular weight is 236 g/mol. The van der Waals surface area contributed by atoms with Crippen molar-refractivity contribution >= 4 is 0 Å². The van der Waals surface area contributed by atoms with Gasteiger partial charge in [-0.2, -0.15) is 0 Å². The number of hydrogen-bond acceptors (Lipinski definition) is 2. The first kappa shape index (κ1) is 12.0. The van der Waals surface area contributed by atoms with E-state index in [-0.39, 0.29) is 0 Å². The van der Waals surface area contributed by atoms with E-state index in [1.165, 1.54) is 71.0 Å². The van der Waals surface area contributed by atoms with Crippen LogP contribution in [0.15, 0.2) is 0 Å². The standard InChI is InChI=1S/C15H28N2/c1-13-10-14(6-9-16-13)17-11-15(12-17)7-4-2-3-5-8-15/h13-14,16H,2-12H2,1H3. The van der Waals surface area contributed by atoms with Gasteiger partial charge in [-0.1, -0.05) is 25.7 Å². The van der Waals surface area contributed by atoms with Gasteiger partial charge in [-0.15, -0.1) is 0 Å². The smallest absolute Gasteiger partial charge is 0.0122 e. The SMILES string of the molecule is CC1CC(N2CC3(CCCCCC3)C2)CCN1. The summed E-state index contributed by atoms with van der Waals surface area (Å²) in [5.41, 5.74) is 0.755. The van der Waals surface area contributed by atoms with Crippen molar-refractivity contribution in [1.82, 2.24) is 10.2 Å². The fraction of sp³-hybridized carbons (Fsp3) is 1.00. The van der Waals surface area contributed by atoms with Crippen LogP contribution in [0.25, 0.3) is 0 Å². The van der Waals surface area contributed by atoms with Crippen molar-refractivity contribution in [2.75, 3.05) is 19.6 Å². The van der Waals surface area contributed by atoms with Crippen molar-refractivity contribution in [3.63, 3.8) is 0 Å². The number of likely N-dealkylation sites (tertiary alicyclic amines) is 1. The Bertz CT molecular complexity index is 248. The highest BCUT2D eigenvalue weighted by atomic mass is 15.2. The van der Waals surface area contributed by atoms with Crippen molar-refractivity contribution in [1.29, 1.82) is 0 Å². The van der Waals surface area contributed by atoms with Crippen molar-refractivity contribution < 1.29 is 0 Å². The molecular weight excluding hydrogens is 208 g/mol. The van der Waals surface area contributed by atoms with E-state index in [9.17, 15) is 0 Å². The van der Waals surface area contributed by atoms with Crippen LogP contribution in [0, 0.1) is 5.41 Å². The Morgan fingerprint density at radius 2 is 1.76 bits per heavy atom. The summed E-state index contributed by atoms with van der Waals surface area (Å²) in [6.45, 7) is 6.41. The molecule has 1 saturated carbocycles. The molecule has 0 aromatic carbocycles. The van der Waals surface area contributed by atoms with Crippen LogP contribution in [0.4, 0.5) is 0 Å². The first-order valence-corrected chi connectivity index (χ1v) is 7.75. The van der Waals surface area contributed by atoms with Gasteiger partial charge in [0.1, 0.15) is 0 Å². The van der Waals surface area contributed by atoms with Crippen LogP contribution in [0.3, 0.4) is 0 Å². The predicted octanol–water partition coefficient (Wildman–Crippen LogP) is 2.78. The Hall–Kier alpha value is -0.0800. The number of hydrogen-bond donors (Lipinski definition) is 1. The highest BCUT2D eigenvalue weighted by molar-refractivity contribution is 4.99. The van der Waals surface area contributed by atoms with E-state index in [1.54, 1.807) is 0 Å². The van der Waals surface area contributed by atoms with Crippen LogP contribution >= 0.6 is 0 Å². The van der Waals surface area contributed by atoms with E-state index in [4.69, 9.17) is 0 Å². The molecule has 0 aromatic rings. The molecule has 2 heteroatoms. The predicted molar refractivity (Wildman–Crippen MR) is 72.2 cm³/mol. The monoisotopic (exact) mass is 236 g/mol. The third-order valence-electron chi connectivity index (χ3n) is 5.35. The third kappa shape index (κ3) is 2.53. The molecule has 1 N–H and O–H groups in total. The van der Waals surface area contributed by atoms with Gasteiger partial charge < -0.3 is 5.32 Å². The number of piperidine rings is 1. The molecule has 0 bridgehead atoms. The Morgan fingerprint density at radius 1 is 1.06 bits per heavy atom. The van der Waals surface area contributed by atoms with E-state index in [2.05, 4.69) is 17.1 Å². The van der Waals surface area contributed by atoms with Crippen molar-refractivity contribution in [3.8, 4) is 0 Å². The molecule has 2 saturated heterocycles. The van der Waals surface area contributed by atoms with Gasteiger partial charge in [0.2, 0.25) is 0 Å². The van der Waals surface area contributed by atoms with Gasteiger partial charge in [0.25, 0.3) is 0 Å². The van der Waals surface area contributed by atoms with E-state index in [0.29, 0.717) is 0 Å². The van der Waals surface area contributed by atoms with Crippen LogP contribution in [-0.4, -0.2) is 36.6 Å². The summed E-state index contributed by atoms with van der Waals surface area (Å²) in [4.78, 5) is 2.79. The van der Waals surface area contributed by atoms with Crippen molar-refractivity contribution in [2.45, 2.75) is 70.4 Å². The third-order valence-corrected chi connectivity index (χ3v) is 5.35. The number of rotatable bonds is 1. The summed E-state index contributed by atoms with van der Waals surface area (Å²) < 4.78 is 0. The molecule has 2 aliphatic heterocycles. The highest BCUT2D eigenvalue weighted by Crippen LogP contribution is 2.44. The molecule has 2 nitrogen and oxygen atoms in total. The zero-order chi connectivity index (χ0) is 11.7. The normalized spacial score (nSPS) is 38.6. The molecule has 0 amide bonds. The molecule has 2 atom stereocenters. The molecule has 2 heterocycles. The van der Waals surface area contributed by atoms with Crippen LogP contribution in [0.5, 0.6) is 0 Å². The maximum atomic E-state index is 3.57. The molecule has 98 valence electrons. The van der Waals surface area contributed by atoms with Gasteiger partial charge >= 0.3 is 0 Å². The second kappa shape index (κ2) is 4.89. The Balaban J connectivity index is 1.52. The van der Waals surface area contributed by atoms with Gasteiger partial charge in [0.15, 0.2) is 0 Å². The lowest BCUT2D eigenvalue weighted by Crippen LogP contribution is -2.61. The first-order valence-electron chi connectivity index (χ1n) is 7.75. The topological polar surface area (TPSA) is 15.3 Å². The molecule has 0 radical (unpaired) electrons. The van der Waals surface area contributed by atoms with Gasteiger partial charge in [0.05, 0.1) is 0 Å². The summed E-state index contributed by atoms with van der Waals surface area (Å²) in [6.07, 6.45) is 11.8. The van der Waals surface area contributed by atoms with E-state index in [0.717, 1.165) is 17.5 Å². The Morgan fingerprint density at radius 3 is 2.41 bits per heavy atom. The first-order chi connectivity index (χ1) is 8.27. The van der Waals surface area contributed by atoms with Gasteiger partial charge in [-0.05, 0) is 44.6 Å². The van der Waals surface area contributed by atoms with Crippen LogP contribution in [0.2, 0.25) is 0 Å². The number of nitrogens with zero attached hydrogens (tertiary/aromatic N) is 1. The quantitative estimate of drug-likeness (QED) is 0.753. The molecular formula is C15H28N2. The lowest BCUT2D eigenvalue weighted by atomic mass is 9.72. The maximum Gasteiger partial charge on any atom is 0.0122 e. The largest absolute Gasteiger partial charge is 0.314 e. The van der Waals surface area contributed by atoms with E-state index >= 15 is 0 Å². The van der Waals surface area contributed by atoms with Crippen molar-refractivity contribution in [2.24, 2.45) is 5.41 Å². The van der Waals surface area contributed by atoms with Gasteiger partial charge in [-0.25, -0.2) is 0 Å². The summed E-state index contributed by atoms with van der Waals surface area (Å²) >= 11 is 0. The molecule has 3 rings (SSSR count). The number of nitrogens with one attached hydrogen (secondary N) is 1. The fourth-order valence-corrected chi connectivity index (χ4v) is 4.31. The van der Waals surface area contributed by atoms with Crippen LogP contribution in [0.1, 0.15) is 58.3 Å². The average Bonchev–Trinajstić information content (AvgIpc) is 2.52. The van der Waals surface area contributed by atoms with E-state index < -0.39 is 0 Å². The molecule has 3 aliphatic rings. The summed E-state index contributed by atoms with van der Waals surface area (Å²) in [7, 11) is 0. The second-order valence-corrected chi connectivity index (χ2v) is 6.85. The van der Waals surface area contributed by atoms with Crippen molar-refractivity contribution in [3.05, 3.63) is 0 Å². The zero-order valence-electron chi connectivity index (χ0n) is 11.4. The van der Waals surface area contributed by atoms with Crippen LogP contribution < -0.4 is 5.32 Å². The summed E-state index contributed by atoms with van der Waals surface area (Å²) in [6, 6.07) is 1.62. The maximum absolute atomic E-state index is 3.57. The molecule has 1 spiro atoms. The molecule has 1 aliphatic carbocycles. The summed E-state index contributed by atoms with van der Waals surface area (Å²) in [5.74, 6) is 0. The van der Waals surface area contributed by atoms with E-state index in [1.807, 2.05) is 0 Å². The minimum absolute atomic E-state index is 0.736. The van der Waals surface area contributed by atoms with Gasteiger partial charge in [-0.3, -0.25) is 4.90 Å². The zero-order valence-corrected chi connectivity index (χ0v) is 11.4. The summed E-state index contributed by atoms with van der Waals surface area (Å²) in [5, 5.41) is 3.57. The highest BCUT2D eigenvalue weighted by Gasteiger charge is 2.45. The van der Waals surface area contributed by atoms with Gasteiger partial charge in [0, 0.05) is 25.2 Å². The lowest BCUT2D eigenvalue weighted by molar-refractivity contribution is -0.0518. The minimum Gasteiger partial charge on any atom is -0.314 e. The molecule has 2 unspecified atom stereocenters.